The first-order valence-electron chi connectivity index (χ1n) is 4.33. The average molecular weight is 160 g/mol. The van der Waals surface area contributed by atoms with Crippen LogP contribution in [0, 0.1) is 0 Å². The molecule has 0 aliphatic rings. The van der Waals surface area contributed by atoms with E-state index in [2.05, 4.69) is 12.3 Å². The topological polar surface area (TPSA) is 47.3 Å². The van der Waals surface area contributed by atoms with Crippen molar-refractivity contribution in [3.05, 3.63) is 0 Å². The fraction of sp³-hybridized carbons (Fsp3) is 1.00. The van der Waals surface area contributed by atoms with Crippen LogP contribution in [0.2, 0.25) is 0 Å². The summed E-state index contributed by atoms with van der Waals surface area (Å²) in [5, 5.41) is 0. The Hall–Kier alpha value is -0.120. The lowest BCUT2D eigenvalue weighted by Gasteiger charge is -2.22. The molecule has 0 rings (SSSR count). The third-order valence-corrected chi connectivity index (χ3v) is 1.77. The van der Waals surface area contributed by atoms with Gasteiger partial charge in [0.1, 0.15) is 0 Å². The van der Waals surface area contributed by atoms with Crippen LogP contribution in [0.15, 0.2) is 0 Å². The quantitative estimate of drug-likeness (QED) is 0.451. The molecule has 11 heavy (non-hydrogen) atoms. The van der Waals surface area contributed by atoms with E-state index in [9.17, 15) is 0 Å². The van der Waals surface area contributed by atoms with Gasteiger partial charge in [0.15, 0.2) is 0 Å². The Morgan fingerprint density at radius 1 is 1.45 bits per heavy atom. The maximum Gasteiger partial charge on any atom is 0.0738 e. The lowest BCUT2D eigenvalue weighted by molar-refractivity contribution is 0.0327. The minimum absolute atomic E-state index is 0.245. The highest BCUT2D eigenvalue weighted by Crippen LogP contribution is 2.05. The summed E-state index contributed by atoms with van der Waals surface area (Å²) in [6.45, 7) is 6.95. The highest BCUT2D eigenvalue weighted by molar-refractivity contribution is 4.69. The molecule has 0 aliphatic carbocycles. The molecule has 0 saturated carbocycles. The summed E-state index contributed by atoms with van der Waals surface area (Å²) in [5.74, 6) is 5.30. The zero-order chi connectivity index (χ0) is 8.69. The maximum atomic E-state index is 5.49. The van der Waals surface area contributed by atoms with Crippen LogP contribution in [-0.4, -0.2) is 18.8 Å². The van der Waals surface area contributed by atoms with E-state index >= 15 is 0 Å². The first-order valence-corrected chi connectivity index (χ1v) is 4.33. The summed E-state index contributed by atoms with van der Waals surface area (Å²) < 4.78 is 5.49. The van der Waals surface area contributed by atoms with Crippen LogP contribution >= 0.6 is 0 Å². The van der Waals surface area contributed by atoms with E-state index in [0.29, 0.717) is 0 Å². The molecule has 0 aliphatic heterocycles. The summed E-state index contributed by atoms with van der Waals surface area (Å²) in [4.78, 5) is 0. The second kappa shape index (κ2) is 6.58. The first-order chi connectivity index (χ1) is 5.26. The van der Waals surface area contributed by atoms with E-state index in [1.807, 2.05) is 13.8 Å². The molecule has 0 aromatic heterocycles. The van der Waals surface area contributed by atoms with Gasteiger partial charge in [0.25, 0.3) is 0 Å². The molecule has 2 atom stereocenters. The molecule has 2 unspecified atom stereocenters. The molecule has 0 amide bonds. The predicted octanol–water partition coefficient (Wildman–Crippen LogP) is 1.04. The second-order valence-corrected chi connectivity index (χ2v) is 2.74. The van der Waals surface area contributed by atoms with Gasteiger partial charge >= 0.3 is 0 Å². The molecule has 3 heteroatoms. The molecule has 0 saturated heterocycles. The number of hydrogen-bond donors (Lipinski definition) is 2. The van der Waals surface area contributed by atoms with E-state index in [-0.39, 0.29) is 12.1 Å². The van der Waals surface area contributed by atoms with Crippen LogP contribution < -0.4 is 11.3 Å². The van der Waals surface area contributed by atoms with Crippen molar-refractivity contribution in [2.45, 2.75) is 45.8 Å². The first kappa shape index (κ1) is 10.9. The Labute approximate surface area is 69.3 Å². The van der Waals surface area contributed by atoms with Crippen molar-refractivity contribution in [1.82, 2.24) is 5.43 Å². The lowest BCUT2D eigenvalue weighted by Crippen LogP contribution is -2.42. The SMILES string of the molecule is CCCC(OCC)C(C)NN. The molecular weight excluding hydrogens is 140 g/mol. The molecule has 0 bridgehead atoms. The van der Waals surface area contributed by atoms with E-state index in [4.69, 9.17) is 10.6 Å². The Morgan fingerprint density at radius 2 is 2.09 bits per heavy atom. The van der Waals surface area contributed by atoms with Crippen molar-refractivity contribution in [3.8, 4) is 0 Å². The van der Waals surface area contributed by atoms with Gasteiger partial charge in [-0.2, -0.15) is 0 Å². The Bertz CT molecular complexity index is 82.2. The molecule has 0 radical (unpaired) electrons. The van der Waals surface area contributed by atoms with E-state index in [0.717, 1.165) is 19.4 Å². The van der Waals surface area contributed by atoms with Gasteiger partial charge in [-0.15, -0.1) is 0 Å². The van der Waals surface area contributed by atoms with Crippen LogP contribution in [0.5, 0.6) is 0 Å². The number of rotatable bonds is 6. The smallest absolute Gasteiger partial charge is 0.0738 e. The van der Waals surface area contributed by atoms with Gasteiger partial charge < -0.3 is 4.74 Å². The van der Waals surface area contributed by atoms with Crippen molar-refractivity contribution in [1.29, 1.82) is 0 Å². The van der Waals surface area contributed by atoms with E-state index in [1.54, 1.807) is 0 Å². The van der Waals surface area contributed by atoms with Crippen LogP contribution in [0.3, 0.4) is 0 Å². The number of nitrogens with two attached hydrogens (primary N) is 1. The summed E-state index contributed by atoms with van der Waals surface area (Å²) in [6.07, 6.45) is 2.46. The highest BCUT2D eigenvalue weighted by atomic mass is 16.5. The fourth-order valence-corrected chi connectivity index (χ4v) is 1.08. The van der Waals surface area contributed by atoms with Gasteiger partial charge in [-0.05, 0) is 20.3 Å². The summed E-state index contributed by atoms with van der Waals surface area (Å²) in [7, 11) is 0. The number of hydrogen-bond acceptors (Lipinski definition) is 3. The Kier molecular flexibility index (Phi) is 6.51. The summed E-state index contributed by atoms with van der Waals surface area (Å²) in [6, 6.07) is 0.245. The second-order valence-electron chi connectivity index (χ2n) is 2.74. The van der Waals surface area contributed by atoms with Gasteiger partial charge in [-0.1, -0.05) is 13.3 Å². The zero-order valence-corrected chi connectivity index (χ0v) is 7.76. The molecular formula is C8H20N2O. The predicted molar refractivity (Wildman–Crippen MR) is 47.1 cm³/mol. The molecule has 0 spiro atoms. The van der Waals surface area contributed by atoms with Crippen LogP contribution in [-0.2, 0) is 4.74 Å². The molecule has 0 aromatic carbocycles. The number of hydrazine groups is 1. The summed E-state index contributed by atoms with van der Waals surface area (Å²) in [5.41, 5.74) is 2.71. The standard InChI is InChI=1S/C8H20N2O/c1-4-6-8(11-5-2)7(3)10-9/h7-8,10H,4-6,9H2,1-3H3. The number of nitrogens with one attached hydrogen (secondary N) is 1. The molecule has 0 heterocycles. The Morgan fingerprint density at radius 3 is 2.45 bits per heavy atom. The molecule has 68 valence electrons. The molecule has 3 nitrogen and oxygen atoms in total. The normalized spacial score (nSPS) is 16.4. The van der Waals surface area contributed by atoms with Crippen LogP contribution in [0.25, 0.3) is 0 Å². The van der Waals surface area contributed by atoms with Gasteiger partial charge in [-0.25, -0.2) is 0 Å². The third kappa shape index (κ3) is 4.35. The molecule has 3 N–H and O–H groups in total. The highest BCUT2D eigenvalue weighted by Gasteiger charge is 2.14. The van der Waals surface area contributed by atoms with E-state index < -0.39 is 0 Å². The maximum absolute atomic E-state index is 5.49. The Balaban J connectivity index is 3.66. The van der Waals surface area contributed by atoms with Crippen molar-refractivity contribution in [2.75, 3.05) is 6.61 Å². The van der Waals surface area contributed by atoms with Crippen molar-refractivity contribution >= 4 is 0 Å². The minimum atomic E-state index is 0.245. The fourth-order valence-electron chi connectivity index (χ4n) is 1.08. The third-order valence-electron chi connectivity index (χ3n) is 1.77. The van der Waals surface area contributed by atoms with Crippen LogP contribution in [0.1, 0.15) is 33.6 Å². The minimum Gasteiger partial charge on any atom is -0.377 e. The van der Waals surface area contributed by atoms with Gasteiger partial charge in [0.05, 0.1) is 6.10 Å². The largest absolute Gasteiger partial charge is 0.377 e. The van der Waals surface area contributed by atoms with E-state index in [1.165, 1.54) is 0 Å². The molecule has 0 fully saturated rings. The van der Waals surface area contributed by atoms with Gasteiger partial charge in [0, 0.05) is 12.6 Å². The van der Waals surface area contributed by atoms with Gasteiger partial charge in [0.2, 0.25) is 0 Å². The van der Waals surface area contributed by atoms with Crippen molar-refractivity contribution in [2.24, 2.45) is 5.84 Å². The monoisotopic (exact) mass is 160 g/mol. The number of ether oxygens (including phenoxy) is 1. The summed E-state index contributed by atoms with van der Waals surface area (Å²) >= 11 is 0. The van der Waals surface area contributed by atoms with Crippen molar-refractivity contribution < 1.29 is 4.74 Å². The van der Waals surface area contributed by atoms with Crippen LogP contribution in [0.4, 0.5) is 0 Å². The molecule has 0 aromatic rings. The van der Waals surface area contributed by atoms with Crippen molar-refractivity contribution in [3.63, 3.8) is 0 Å². The lowest BCUT2D eigenvalue weighted by atomic mass is 10.1. The zero-order valence-electron chi connectivity index (χ0n) is 7.76. The van der Waals surface area contributed by atoms with Gasteiger partial charge in [-0.3, -0.25) is 11.3 Å². The average Bonchev–Trinajstić information content (AvgIpc) is 2.03.